The van der Waals surface area contributed by atoms with Gasteiger partial charge in [-0.25, -0.2) is 13.6 Å². The maximum absolute atomic E-state index is 15.0. The van der Waals surface area contributed by atoms with Gasteiger partial charge in [0.15, 0.2) is 11.7 Å². The van der Waals surface area contributed by atoms with Gasteiger partial charge in [0.05, 0.1) is 19.6 Å². The highest BCUT2D eigenvalue weighted by Crippen LogP contribution is 2.51. The lowest BCUT2D eigenvalue weighted by atomic mass is 9.77. The molecule has 0 spiro atoms. The van der Waals surface area contributed by atoms with Crippen LogP contribution in [0, 0.1) is 0 Å². The van der Waals surface area contributed by atoms with Gasteiger partial charge < -0.3 is 33.2 Å². The number of rotatable bonds is 6. The van der Waals surface area contributed by atoms with E-state index in [9.17, 15) is 13.6 Å². The van der Waals surface area contributed by atoms with Gasteiger partial charge in [-0.2, -0.15) is 0 Å². The molecular weight excluding hydrogens is 358 g/mol. The van der Waals surface area contributed by atoms with Crippen molar-refractivity contribution in [1.29, 1.82) is 0 Å². The molecule has 10 heteroatoms. The van der Waals surface area contributed by atoms with Gasteiger partial charge in [-0.1, -0.05) is 0 Å². The second-order valence-corrected chi connectivity index (χ2v) is 6.67. The maximum Gasteiger partial charge on any atom is 0.338 e. The van der Waals surface area contributed by atoms with Crippen molar-refractivity contribution in [1.82, 2.24) is 0 Å². The van der Waals surface area contributed by atoms with Crippen LogP contribution in [0.25, 0.3) is 0 Å². The molecule has 0 amide bonds. The average molecular weight is 384 g/mol. The molecule has 0 aromatic carbocycles. The van der Waals surface area contributed by atoms with Crippen LogP contribution in [-0.2, 0) is 38.0 Å². The van der Waals surface area contributed by atoms with Gasteiger partial charge in [-0.05, 0) is 13.8 Å². The number of carbonyl (C=O) groups is 1. The topological polar surface area (TPSA) is 81.7 Å². The van der Waals surface area contributed by atoms with Crippen LogP contribution in [0.4, 0.5) is 8.78 Å². The zero-order valence-electron chi connectivity index (χ0n) is 15.8. The summed E-state index contributed by atoms with van der Waals surface area (Å²) >= 11 is 0. The first-order valence-corrected chi connectivity index (χ1v) is 8.08. The first kappa shape index (κ1) is 21.4. The molecule has 8 nitrogen and oxygen atoms in total. The SMILES string of the molecule is COCO[C@]1(C(=O)OC)C[C@H]2O[C@](C)(OC)[C@@](C)(OC)O[C@@H]2C(F)(F)C1. The number of esters is 1. The van der Waals surface area contributed by atoms with Gasteiger partial charge in [0.2, 0.25) is 11.6 Å². The molecule has 1 aliphatic carbocycles. The fraction of sp³-hybridized carbons (Fsp3) is 0.938. The van der Waals surface area contributed by atoms with Crippen molar-refractivity contribution in [2.75, 3.05) is 35.2 Å². The van der Waals surface area contributed by atoms with Gasteiger partial charge in [-0.3, -0.25) is 0 Å². The Kier molecular flexibility index (Phi) is 5.96. The molecular formula is C16H26F2O8. The number of carbonyl (C=O) groups excluding carboxylic acids is 1. The van der Waals surface area contributed by atoms with Crippen LogP contribution >= 0.6 is 0 Å². The third kappa shape index (κ3) is 3.34. The molecule has 2 fully saturated rings. The number of hydrogen-bond donors (Lipinski definition) is 0. The highest BCUT2D eigenvalue weighted by Gasteiger charge is 2.68. The first-order chi connectivity index (χ1) is 12.0. The summed E-state index contributed by atoms with van der Waals surface area (Å²) in [6.45, 7) is 2.60. The average Bonchev–Trinajstić information content (AvgIpc) is 2.60. The summed E-state index contributed by atoms with van der Waals surface area (Å²) < 4.78 is 66.8. The predicted octanol–water partition coefficient (Wildman–Crippen LogP) is 1.46. The molecule has 1 saturated carbocycles. The molecule has 0 aromatic heterocycles. The third-order valence-electron chi connectivity index (χ3n) is 5.15. The Bertz CT molecular complexity index is 532. The van der Waals surface area contributed by atoms with E-state index < -0.39 is 47.7 Å². The molecule has 0 N–H and O–H groups in total. The van der Waals surface area contributed by atoms with Crippen molar-refractivity contribution in [3.63, 3.8) is 0 Å². The summed E-state index contributed by atoms with van der Waals surface area (Å²) in [5, 5.41) is 0. The molecule has 0 bridgehead atoms. The van der Waals surface area contributed by atoms with Crippen molar-refractivity contribution < 1.29 is 46.7 Å². The minimum Gasteiger partial charge on any atom is -0.467 e. The predicted molar refractivity (Wildman–Crippen MR) is 82.5 cm³/mol. The number of alkyl halides is 2. The third-order valence-corrected chi connectivity index (χ3v) is 5.15. The van der Waals surface area contributed by atoms with E-state index >= 15 is 0 Å². The first-order valence-electron chi connectivity index (χ1n) is 8.08. The van der Waals surface area contributed by atoms with Gasteiger partial charge in [0, 0.05) is 27.8 Å². The summed E-state index contributed by atoms with van der Waals surface area (Å²) in [5.41, 5.74) is -1.94. The van der Waals surface area contributed by atoms with Crippen molar-refractivity contribution in [2.45, 2.75) is 62.0 Å². The second kappa shape index (κ2) is 7.25. The van der Waals surface area contributed by atoms with Gasteiger partial charge in [-0.15, -0.1) is 0 Å². The largest absolute Gasteiger partial charge is 0.467 e. The molecule has 1 saturated heterocycles. The number of fused-ring (bicyclic) bond motifs is 1. The zero-order valence-corrected chi connectivity index (χ0v) is 15.8. The summed E-state index contributed by atoms with van der Waals surface area (Å²) in [6.07, 6.45) is -4.02. The Balaban J connectivity index is 2.42. The standard InChI is InChI=1S/C16H26F2O8/c1-13(22-5)14(2,23-6)26-11-10(25-13)7-15(12(19)21-4,24-9-20-3)8-16(11,17)18/h10-11H,7-9H2,1-6H3/t10-,11+,13+,14+,15-/m1/s1. The normalized spacial score (nSPS) is 42.2. The van der Waals surface area contributed by atoms with Crippen LogP contribution < -0.4 is 0 Å². The monoisotopic (exact) mass is 384 g/mol. The van der Waals surface area contributed by atoms with E-state index in [4.69, 9.17) is 33.2 Å². The van der Waals surface area contributed by atoms with Crippen LogP contribution in [0.2, 0.25) is 0 Å². The minimum absolute atomic E-state index is 0.220. The van der Waals surface area contributed by atoms with Crippen LogP contribution in [-0.4, -0.2) is 76.5 Å². The van der Waals surface area contributed by atoms with Crippen LogP contribution in [0.15, 0.2) is 0 Å². The fourth-order valence-electron chi connectivity index (χ4n) is 3.42. The molecule has 152 valence electrons. The van der Waals surface area contributed by atoms with Crippen molar-refractivity contribution in [3.8, 4) is 0 Å². The van der Waals surface area contributed by atoms with E-state index in [0.29, 0.717) is 0 Å². The zero-order chi connectivity index (χ0) is 19.8. The molecule has 2 aliphatic rings. The smallest absolute Gasteiger partial charge is 0.338 e. The van der Waals surface area contributed by atoms with E-state index in [1.54, 1.807) is 0 Å². The highest BCUT2D eigenvalue weighted by molar-refractivity contribution is 5.80. The van der Waals surface area contributed by atoms with Crippen LogP contribution in [0.1, 0.15) is 26.7 Å². The molecule has 0 aromatic rings. The van der Waals surface area contributed by atoms with Crippen molar-refractivity contribution in [3.05, 3.63) is 0 Å². The lowest BCUT2D eigenvalue weighted by Crippen LogP contribution is -2.72. The molecule has 2 rings (SSSR count). The molecule has 1 aliphatic heterocycles. The van der Waals surface area contributed by atoms with Crippen LogP contribution in [0.3, 0.4) is 0 Å². The second-order valence-electron chi connectivity index (χ2n) is 6.67. The Hall–Kier alpha value is -0.910. The van der Waals surface area contributed by atoms with Gasteiger partial charge in [0.25, 0.3) is 5.92 Å². The summed E-state index contributed by atoms with van der Waals surface area (Å²) in [4.78, 5) is 12.3. The number of ether oxygens (including phenoxy) is 7. The summed E-state index contributed by atoms with van der Waals surface area (Å²) in [7, 11) is 5.07. The minimum atomic E-state index is -3.46. The fourth-order valence-corrected chi connectivity index (χ4v) is 3.42. The number of hydrogen-bond acceptors (Lipinski definition) is 8. The van der Waals surface area contributed by atoms with E-state index in [2.05, 4.69) is 0 Å². The molecule has 0 radical (unpaired) electrons. The summed E-state index contributed by atoms with van der Waals surface area (Å²) in [5.74, 6) is -7.46. The maximum atomic E-state index is 15.0. The van der Waals surface area contributed by atoms with Crippen molar-refractivity contribution >= 4 is 5.97 Å². The molecule has 5 atom stereocenters. The molecule has 26 heavy (non-hydrogen) atoms. The van der Waals surface area contributed by atoms with Crippen LogP contribution in [0.5, 0.6) is 0 Å². The number of halogens is 2. The Labute approximate surface area is 150 Å². The molecule has 1 heterocycles. The van der Waals surface area contributed by atoms with E-state index in [-0.39, 0.29) is 13.2 Å². The lowest BCUT2D eigenvalue weighted by Gasteiger charge is -2.56. The van der Waals surface area contributed by atoms with E-state index in [1.165, 1.54) is 35.2 Å². The quantitative estimate of drug-likeness (QED) is 0.503. The number of methoxy groups -OCH3 is 4. The van der Waals surface area contributed by atoms with E-state index in [1.807, 2.05) is 0 Å². The van der Waals surface area contributed by atoms with Gasteiger partial charge >= 0.3 is 5.97 Å². The van der Waals surface area contributed by atoms with Gasteiger partial charge in [0.1, 0.15) is 6.79 Å². The van der Waals surface area contributed by atoms with Crippen molar-refractivity contribution in [2.24, 2.45) is 0 Å². The summed E-state index contributed by atoms with van der Waals surface area (Å²) in [6, 6.07) is 0. The lowest BCUT2D eigenvalue weighted by molar-refractivity contribution is -0.472. The Morgan fingerprint density at radius 2 is 1.65 bits per heavy atom. The molecule has 0 unspecified atom stereocenters. The highest BCUT2D eigenvalue weighted by atomic mass is 19.3. The Morgan fingerprint density at radius 3 is 2.15 bits per heavy atom. The van der Waals surface area contributed by atoms with E-state index in [0.717, 1.165) is 7.11 Å². The Morgan fingerprint density at radius 1 is 1.08 bits per heavy atom.